The van der Waals surface area contributed by atoms with Crippen LogP contribution in [0.15, 0.2) is 0 Å². The highest BCUT2D eigenvalue weighted by Gasteiger charge is 2.41. The minimum Gasteiger partial charge on any atom is -0.480 e. The van der Waals surface area contributed by atoms with Gasteiger partial charge in [-0.15, -0.1) is 0 Å². The fourth-order valence-electron chi connectivity index (χ4n) is 1.28. The Balaban J connectivity index is 4.89. The number of ether oxygens (including phenoxy) is 1. The second-order valence-electron chi connectivity index (χ2n) is 6.04. The van der Waals surface area contributed by atoms with Crippen molar-refractivity contribution in [2.24, 2.45) is 0 Å². The number of rotatable bonds is 5. The van der Waals surface area contributed by atoms with Crippen LogP contribution in [0.5, 0.6) is 0 Å². The van der Waals surface area contributed by atoms with Crippen LogP contribution in [0, 0.1) is 0 Å². The smallest absolute Gasteiger partial charge is 0.407 e. The molecule has 0 aromatic rings. The number of carboxylic acid groups (broad SMARTS) is 1. The molecular weight excluding hydrogens is 266 g/mol. The van der Waals surface area contributed by atoms with E-state index in [-0.39, 0.29) is 5.04 Å². The van der Waals surface area contributed by atoms with Gasteiger partial charge >= 0.3 is 12.1 Å². The van der Waals surface area contributed by atoms with E-state index in [4.69, 9.17) is 9.53 Å². The van der Waals surface area contributed by atoms with Crippen LogP contribution in [-0.4, -0.2) is 44.7 Å². The van der Waals surface area contributed by atoms with Crippen molar-refractivity contribution in [1.29, 1.82) is 0 Å². The standard InChI is InChI=1S/C12H25NO5Si/c1-8(18-19(6,7)12(2,3)4)9(10(14)15)13-11(16)17-5/h8-9H,1-7H3,(H,13,16)(H,14,15)/t8-,9+/m1/s1. The van der Waals surface area contributed by atoms with Crippen LogP contribution in [0.2, 0.25) is 18.1 Å². The number of carboxylic acids is 1. The molecule has 0 aliphatic carbocycles. The fraction of sp³-hybridized carbons (Fsp3) is 0.833. The minimum absolute atomic E-state index is 0.0322. The Morgan fingerprint density at radius 1 is 1.26 bits per heavy atom. The lowest BCUT2D eigenvalue weighted by Gasteiger charge is -2.39. The molecule has 0 saturated heterocycles. The molecule has 0 rings (SSSR count). The van der Waals surface area contributed by atoms with Gasteiger partial charge in [-0.05, 0) is 25.1 Å². The number of hydrogen-bond acceptors (Lipinski definition) is 4. The number of nitrogens with one attached hydrogen (secondary N) is 1. The zero-order chi connectivity index (χ0) is 15.4. The third-order valence-electron chi connectivity index (χ3n) is 3.48. The van der Waals surface area contributed by atoms with Gasteiger partial charge in [-0.25, -0.2) is 9.59 Å². The fourth-order valence-corrected chi connectivity index (χ4v) is 2.69. The molecule has 112 valence electrons. The first-order chi connectivity index (χ1) is 8.42. The Morgan fingerprint density at radius 3 is 2.05 bits per heavy atom. The number of carbonyl (C=O) groups is 2. The van der Waals surface area contributed by atoms with Gasteiger partial charge in [-0.3, -0.25) is 0 Å². The van der Waals surface area contributed by atoms with Crippen molar-refractivity contribution >= 4 is 20.4 Å². The Hall–Kier alpha value is -1.08. The third-order valence-corrected chi connectivity index (χ3v) is 8.05. The number of alkyl carbamates (subject to hydrolysis) is 1. The van der Waals surface area contributed by atoms with Gasteiger partial charge in [0.25, 0.3) is 0 Å². The van der Waals surface area contributed by atoms with E-state index < -0.39 is 32.5 Å². The highest BCUT2D eigenvalue weighted by molar-refractivity contribution is 6.74. The number of carbonyl (C=O) groups excluding carboxylic acids is 1. The summed E-state index contributed by atoms with van der Waals surface area (Å²) in [5.41, 5.74) is 0. The van der Waals surface area contributed by atoms with Gasteiger partial charge in [0.1, 0.15) is 0 Å². The molecule has 2 N–H and O–H groups in total. The Kier molecular flexibility index (Phi) is 6.02. The molecule has 0 spiro atoms. The maximum Gasteiger partial charge on any atom is 0.407 e. The second-order valence-corrected chi connectivity index (χ2v) is 10.8. The second kappa shape index (κ2) is 6.38. The lowest BCUT2D eigenvalue weighted by molar-refractivity contribution is -0.141. The molecule has 19 heavy (non-hydrogen) atoms. The lowest BCUT2D eigenvalue weighted by Crippen LogP contribution is -2.53. The lowest BCUT2D eigenvalue weighted by atomic mass is 10.2. The number of aliphatic carboxylic acids is 1. The Labute approximate surface area is 115 Å². The van der Waals surface area contributed by atoms with E-state index >= 15 is 0 Å². The predicted molar refractivity (Wildman–Crippen MR) is 74.7 cm³/mol. The molecule has 0 aliphatic heterocycles. The molecular formula is C12H25NO5Si. The van der Waals surface area contributed by atoms with E-state index in [1.807, 2.05) is 13.1 Å². The summed E-state index contributed by atoms with van der Waals surface area (Å²) >= 11 is 0. The average molecular weight is 291 g/mol. The van der Waals surface area contributed by atoms with E-state index in [9.17, 15) is 9.59 Å². The maximum absolute atomic E-state index is 11.2. The molecule has 0 aromatic carbocycles. The van der Waals surface area contributed by atoms with Gasteiger partial charge in [-0.2, -0.15) is 0 Å². The summed E-state index contributed by atoms with van der Waals surface area (Å²) in [6.07, 6.45) is -1.41. The zero-order valence-electron chi connectivity index (χ0n) is 12.7. The first-order valence-corrected chi connectivity index (χ1v) is 9.08. The van der Waals surface area contributed by atoms with Crippen molar-refractivity contribution in [2.45, 2.75) is 58.0 Å². The maximum atomic E-state index is 11.2. The van der Waals surface area contributed by atoms with Gasteiger partial charge in [0.05, 0.1) is 13.2 Å². The summed E-state index contributed by atoms with van der Waals surface area (Å²) in [6, 6.07) is -1.12. The summed E-state index contributed by atoms with van der Waals surface area (Å²) in [4.78, 5) is 22.3. The van der Waals surface area contributed by atoms with Crippen molar-refractivity contribution in [3.63, 3.8) is 0 Å². The molecule has 0 aromatic heterocycles. The van der Waals surface area contributed by atoms with E-state index in [0.29, 0.717) is 0 Å². The van der Waals surface area contributed by atoms with Crippen LogP contribution in [0.25, 0.3) is 0 Å². The molecule has 6 nitrogen and oxygen atoms in total. The number of hydrogen-bond donors (Lipinski definition) is 2. The molecule has 0 heterocycles. The number of amides is 1. The molecule has 0 saturated carbocycles. The van der Waals surface area contributed by atoms with Crippen molar-refractivity contribution in [3.05, 3.63) is 0 Å². The quantitative estimate of drug-likeness (QED) is 0.759. The van der Waals surface area contributed by atoms with E-state index in [0.717, 1.165) is 0 Å². The normalized spacial score (nSPS) is 15.5. The summed E-state index contributed by atoms with van der Waals surface area (Å²) in [5.74, 6) is -1.14. The predicted octanol–water partition coefficient (Wildman–Crippen LogP) is 2.21. The van der Waals surface area contributed by atoms with Gasteiger partial charge < -0.3 is 19.6 Å². The van der Waals surface area contributed by atoms with E-state index in [2.05, 4.69) is 30.8 Å². The summed E-state index contributed by atoms with van der Waals surface area (Å²) < 4.78 is 10.4. The summed E-state index contributed by atoms with van der Waals surface area (Å²) in [6.45, 7) is 11.9. The molecule has 0 fully saturated rings. The van der Waals surface area contributed by atoms with Crippen LogP contribution in [0.4, 0.5) is 4.79 Å². The van der Waals surface area contributed by atoms with E-state index in [1.165, 1.54) is 7.11 Å². The van der Waals surface area contributed by atoms with Crippen LogP contribution >= 0.6 is 0 Å². The molecule has 0 radical (unpaired) electrons. The Bertz CT molecular complexity index is 338. The third kappa shape index (κ3) is 5.20. The van der Waals surface area contributed by atoms with Gasteiger partial charge in [0, 0.05) is 0 Å². The van der Waals surface area contributed by atoms with Crippen LogP contribution in [0.1, 0.15) is 27.7 Å². The number of methoxy groups -OCH3 is 1. The van der Waals surface area contributed by atoms with Crippen molar-refractivity contribution in [2.75, 3.05) is 7.11 Å². The van der Waals surface area contributed by atoms with E-state index in [1.54, 1.807) is 6.92 Å². The first kappa shape index (κ1) is 17.9. The van der Waals surface area contributed by atoms with Crippen molar-refractivity contribution in [1.82, 2.24) is 5.32 Å². The molecule has 1 amide bonds. The summed E-state index contributed by atoms with van der Waals surface area (Å²) in [7, 11) is -0.905. The molecule has 2 atom stereocenters. The zero-order valence-corrected chi connectivity index (χ0v) is 13.7. The monoisotopic (exact) mass is 291 g/mol. The molecule has 7 heteroatoms. The van der Waals surface area contributed by atoms with Crippen LogP contribution in [0.3, 0.4) is 0 Å². The SMILES string of the molecule is COC(=O)N[C@H](C(=O)O)[C@@H](C)O[Si](C)(C)C(C)(C)C. The van der Waals surface area contributed by atoms with Crippen LogP contribution < -0.4 is 5.32 Å². The topological polar surface area (TPSA) is 84.9 Å². The van der Waals surface area contributed by atoms with Gasteiger partial charge in [0.15, 0.2) is 14.4 Å². The molecule has 0 aliphatic rings. The first-order valence-electron chi connectivity index (χ1n) is 6.17. The summed E-state index contributed by atoms with van der Waals surface area (Å²) in [5, 5.41) is 11.4. The highest BCUT2D eigenvalue weighted by atomic mass is 28.4. The van der Waals surface area contributed by atoms with Crippen LogP contribution in [-0.2, 0) is 14.0 Å². The molecule has 0 bridgehead atoms. The minimum atomic E-state index is -2.09. The average Bonchev–Trinajstić information content (AvgIpc) is 2.22. The molecule has 0 unspecified atom stereocenters. The van der Waals surface area contributed by atoms with Gasteiger partial charge in [-0.1, -0.05) is 20.8 Å². The highest BCUT2D eigenvalue weighted by Crippen LogP contribution is 2.37. The van der Waals surface area contributed by atoms with Gasteiger partial charge in [0.2, 0.25) is 0 Å². The van der Waals surface area contributed by atoms with Crippen molar-refractivity contribution in [3.8, 4) is 0 Å². The van der Waals surface area contributed by atoms with Crippen molar-refractivity contribution < 1.29 is 23.9 Å². The Morgan fingerprint density at radius 2 is 1.74 bits per heavy atom. The largest absolute Gasteiger partial charge is 0.480 e.